The Bertz CT molecular complexity index is 1370. The molecule has 4 heterocycles. The third kappa shape index (κ3) is 4.13. The lowest BCUT2D eigenvalue weighted by Crippen LogP contribution is -2.64. The fourth-order valence-corrected chi connectivity index (χ4v) is 8.50. The number of carbonyl (C=O) groups excluding carboxylic acids is 2. The Hall–Kier alpha value is -3.14. The summed E-state index contributed by atoms with van der Waals surface area (Å²) in [4.78, 5) is 46.7. The lowest BCUT2D eigenvalue weighted by atomic mass is 9.49. The van der Waals surface area contributed by atoms with Gasteiger partial charge in [-0.05, 0) is 81.8 Å². The topological polar surface area (TPSA) is 113 Å². The molecule has 1 atom stereocenters. The number of aromatic nitrogens is 4. The highest BCUT2D eigenvalue weighted by Crippen LogP contribution is 2.60. The number of anilines is 1. The summed E-state index contributed by atoms with van der Waals surface area (Å²) < 4.78 is 0.702. The first kappa shape index (κ1) is 23.9. The van der Waals surface area contributed by atoms with Crippen LogP contribution in [0.15, 0.2) is 24.5 Å². The zero-order valence-corrected chi connectivity index (χ0v) is 22.6. The number of nitrogens with zero attached hydrogens (tertiary/aromatic N) is 5. The molecule has 0 unspecified atom stereocenters. The molecule has 5 aliphatic rings. The quantitative estimate of drug-likeness (QED) is 0.492. The highest BCUT2D eigenvalue weighted by molar-refractivity contribution is 7.18. The van der Waals surface area contributed by atoms with E-state index >= 15 is 0 Å². The lowest BCUT2D eigenvalue weighted by molar-refractivity contribution is -0.148. The number of hydrogen-bond acceptors (Lipinski definition) is 8. The zero-order chi connectivity index (χ0) is 26.0. The Morgan fingerprint density at radius 1 is 1.08 bits per heavy atom. The summed E-state index contributed by atoms with van der Waals surface area (Å²) in [7, 11) is 0. The summed E-state index contributed by atoms with van der Waals surface area (Å²) >= 11 is 1.44. The predicted octanol–water partition coefficient (Wildman–Crippen LogP) is 4.12. The zero-order valence-electron chi connectivity index (χ0n) is 21.8. The van der Waals surface area contributed by atoms with Crippen molar-refractivity contribution < 1.29 is 9.59 Å². The van der Waals surface area contributed by atoms with Gasteiger partial charge >= 0.3 is 0 Å². The Labute approximate surface area is 225 Å². The summed E-state index contributed by atoms with van der Waals surface area (Å²) in [6, 6.07) is 3.79. The second-order valence-electron chi connectivity index (χ2n) is 12.0. The van der Waals surface area contributed by atoms with Crippen LogP contribution < -0.4 is 10.6 Å². The van der Waals surface area contributed by atoms with Gasteiger partial charge in [-0.1, -0.05) is 6.07 Å². The SMILES string of the molecule is Cc1nc2nc(N[C@@H](C)c3cccnc3)nc(C(=O)N3CC(NC(=O)C45CC6CC(CC(C6)C4)C5)C3)c2s1. The van der Waals surface area contributed by atoms with Gasteiger partial charge in [0.15, 0.2) is 11.3 Å². The Balaban J connectivity index is 1.05. The van der Waals surface area contributed by atoms with Crippen molar-refractivity contribution in [3.63, 3.8) is 0 Å². The van der Waals surface area contributed by atoms with E-state index in [0.717, 1.165) is 47.6 Å². The fourth-order valence-electron chi connectivity index (χ4n) is 7.66. The minimum absolute atomic E-state index is 0.00294. The van der Waals surface area contributed by atoms with Crippen LogP contribution in [-0.4, -0.2) is 55.8 Å². The molecule has 1 saturated heterocycles. The van der Waals surface area contributed by atoms with Crippen LogP contribution in [0.5, 0.6) is 0 Å². The highest BCUT2D eigenvalue weighted by atomic mass is 32.1. The molecular weight excluding hydrogens is 498 g/mol. The van der Waals surface area contributed by atoms with Gasteiger partial charge in [-0.25, -0.2) is 9.97 Å². The van der Waals surface area contributed by atoms with Crippen LogP contribution in [0.3, 0.4) is 0 Å². The monoisotopic (exact) mass is 531 g/mol. The fraction of sp³-hybridized carbons (Fsp3) is 0.571. The van der Waals surface area contributed by atoms with Crippen LogP contribution in [0.4, 0.5) is 5.95 Å². The number of pyridine rings is 1. The first-order chi connectivity index (χ1) is 18.3. The minimum Gasteiger partial charge on any atom is -0.349 e. The molecule has 5 fully saturated rings. The van der Waals surface area contributed by atoms with Crippen LogP contribution in [-0.2, 0) is 4.79 Å². The van der Waals surface area contributed by atoms with Crippen LogP contribution in [0.25, 0.3) is 10.3 Å². The predicted molar refractivity (Wildman–Crippen MR) is 145 cm³/mol. The molecule has 9 nitrogen and oxygen atoms in total. The normalized spacial score (nSPS) is 28.8. The molecule has 0 spiro atoms. The van der Waals surface area contributed by atoms with Gasteiger partial charge in [0.05, 0.1) is 17.1 Å². The van der Waals surface area contributed by atoms with E-state index in [0.29, 0.717) is 35.1 Å². The van der Waals surface area contributed by atoms with E-state index in [-0.39, 0.29) is 29.3 Å². The first-order valence-corrected chi connectivity index (χ1v) is 14.6. The average molecular weight is 532 g/mol. The number of thiazole rings is 1. The molecule has 0 radical (unpaired) electrons. The molecule has 2 amide bonds. The maximum atomic E-state index is 13.6. The van der Waals surface area contributed by atoms with Crippen molar-refractivity contribution >= 4 is 39.4 Å². The number of rotatable bonds is 6. The van der Waals surface area contributed by atoms with Crippen LogP contribution >= 0.6 is 11.3 Å². The van der Waals surface area contributed by atoms with Gasteiger partial charge in [-0.3, -0.25) is 14.6 Å². The van der Waals surface area contributed by atoms with Gasteiger partial charge in [0.2, 0.25) is 11.9 Å². The third-order valence-electron chi connectivity index (χ3n) is 9.12. The Morgan fingerprint density at radius 2 is 1.79 bits per heavy atom. The standard InChI is InChI=1S/C28H33N7O2S/c1-15(20-4-3-5-29-12-20)30-27-33-22(23-24(34-27)31-16(2)38-23)25(36)35-13-21(14-35)32-26(37)28-9-17-6-18(10-28)8-19(7-17)11-28/h3-5,12,15,17-19,21H,6-11,13-14H2,1-2H3,(H,32,37)(H,30,33,34)/t15-,17?,18?,19?,28?/m0/s1. The number of hydrogen-bond donors (Lipinski definition) is 2. The van der Waals surface area contributed by atoms with Crippen LogP contribution in [0.1, 0.15) is 72.6 Å². The molecular formula is C28H33N7O2S. The van der Waals surface area contributed by atoms with Crippen LogP contribution in [0.2, 0.25) is 0 Å². The summed E-state index contributed by atoms with van der Waals surface area (Å²) in [6.07, 6.45) is 10.7. The number of likely N-dealkylation sites (tertiary alicyclic amines) is 1. The van der Waals surface area contributed by atoms with Gasteiger partial charge < -0.3 is 15.5 Å². The molecule has 3 aromatic heterocycles. The van der Waals surface area contributed by atoms with E-state index in [4.69, 9.17) is 0 Å². The van der Waals surface area contributed by atoms with Gasteiger partial charge in [-0.2, -0.15) is 4.98 Å². The smallest absolute Gasteiger partial charge is 0.274 e. The second-order valence-corrected chi connectivity index (χ2v) is 13.2. The third-order valence-corrected chi connectivity index (χ3v) is 10.1. The Morgan fingerprint density at radius 3 is 2.45 bits per heavy atom. The summed E-state index contributed by atoms with van der Waals surface area (Å²) in [5.74, 6) is 2.66. The molecule has 4 bridgehead atoms. The van der Waals surface area contributed by atoms with Crippen molar-refractivity contribution in [2.45, 2.75) is 64.5 Å². The largest absolute Gasteiger partial charge is 0.349 e. The average Bonchev–Trinajstić information content (AvgIpc) is 3.24. The van der Waals surface area contributed by atoms with Crippen molar-refractivity contribution in [3.05, 3.63) is 40.8 Å². The Kier molecular flexibility index (Phi) is 5.65. The molecule has 38 heavy (non-hydrogen) atoms. The van der Waals surface area contributed by atoms with Gasteiger partial charge in [-0.15, -0.1) is 11.3 Å². The molecule has 0 aromatic carbocycles. The van der Waals surface area contributed by atoms with E-state index < -0.39 is 0 Å². The van der Waals surface area contributed by atoms with Crippen LogP contribution in [0, 0.1) is 30.1 Å². The highest BCUT2D eigenvalue weighted by Gasteiger charge is 2.55. The minimum atomic E-state index is -0.163. The molecule has 2 N–H and O–H groups in total. The van der Waals surface area contributed by atoms with Gasteiger partial charge in [0.1, 0.15) is 4.70 Å². The molecule has 4 aliphatic carbocycles. The molecule has 1 aliphatic heterocycles. The van der Waals surface area contributed by atoms with Gasteiger partial charge in [0.25, 0.3) is 5.91 Å². The van der Waals surface area contributed by atoms with E-state index in [1.54, 1.807) is 17.3 Å². The lowest BCUT2D eigenvalue weighted by Gasteiger charge is -2.56. The van der Waals surface area contributed by atoms with Crippen molar-refractivity contribution in [1.82, 2.24) is 30.2 Å². The maximum Gasteiger partial charge on any atom is 0.274 e. The number of nitrogens with one attached hydrogen (secondary N) is 2. The van der Waals surface area contributed by atoms with Crippen molar-refractivity contribution in [1.29, 1.82) is 0 Å². The molecule has 3 aromatic rings. The first-order valence-electron chi connectivity index (χ1n) is 13.8. The number of amides is 2. The van der Waals surface area contributed by atoms with Crippen molar-refractivity contribution in [2.24, 2.45) is 23.2 Å². The molecule has 8 rings (SSSR count). The van der Waals surface area contributed by atoms with Crippen molar-refractivity contribution in [2.75, 3.05) is 18.4 Å². The van der Waals surface area contributed by atoms with E-state index in [9.17, 15) is 9.59 Å². The van der Waals surface area contributed by atoms with E-state index in [1.165, 1.54) is 30.6 Å². The number of aryl methyl sites for hydroxylation is 1. The summed E-state index contributed by atoms with van der Waals surface area (Å²) in [5, 5.41) is 7.45. The summed E-state index contributed by atoms with van der Waals surface area (Å²) in [5.41, 5.74) is 1.73. The molecule has 10 heteroatoms. The summed E-state index contributed by atoms with van der Waals surface area (Å²) in [6.45, 7) is 4.93. The van der Waals surface area contributed by atoms with E-state index in [1.807, 2.05) is 26.0 Å². The number of carbonyl (C=O) groups is 2. The van der Waals surface area contributed by atoms with Crippen molar-refractivity contribution in [3.8, 4) is 0 Å². The van der Waals surface area contributed by atoms with E-state index in [2.05, 4.69) is 30.6 Å². The molecule has 198 valence electrons. The molecule has 4 saturated carbocycles. The second kappa shape index (κ2) is 8.97. The maximum absolute atomic E-state index is 13.6. The number of fused-ring (bicyclic) bond motifs is 1. The van der Waals surface area contributed by atoms with Gasteiger partial charge in [0, 0.05) is 30.9 Å².